The summed E-state index contributed by atoms with van der Waals surface area (Å²) >= 11 is 0. The van der Waals surface area contributed by atoms with Crippen molar-refractivity contribution < 1.29 is 37.9 Å². The molecule has 0 aliphatic heterocycles. The summed E-state index contributed by atoms with van der Waals surface area (Å²) in [4.78, 5) is 42.9. The fourth-order valence-electron chi connectivity index (χ4n) is 6.84. The van der Waals surface area contributed by atoms with Crippen LogP contribution in [0.2, 0.25) is 0 Å². The first-order valence-corrected chi connectivity index (χ1v) is 24.5. The van der Waals surface area contributed by atoms with E-state index in [0.29, 0.717) is 6.42 Å². The quantitative estimate of drug-likeness (QED) is 0.0271. The topological polar surface area (TPSA) is 119 Å². The highest BCUT2D eigenvalue weighted by atomic mass is 31.2. The van der Waals surface area contributed by atoms with Crippen molar-refractivity contribution in [3.05, 3.63) is 12.2 Å². The Kier molecular flexibility index (Phi) is 40.5. The first-order chi connectivity index (χ1) is 26.3. The van der Waals surface area contributed by atoms with Crippen molar-refractivity contribution in [1.29, 1.82) is 0 Å². The lowest BCUT2D eigenvalue weighted by atomic mass is 10.0. The van der Waals surface area contributed by atoms with Gasteiger partial charge in [0.1, 0.15) is 6.61 Å². The molecule has 0 rings (SSSR count). The lowest BCUT2D eigenvalue weighted by Crippen LogP contribution is -2.29. The number of rotatable bonds is 43. The second kappa shape index (κ2) is 41.4. The van der Waals surface area contributed by atoms with E-state index in [-0.39, 0.29) is 19.4 Å². The molecule has 9 heteroatoms. The van der Waals surface area contributed by atoms with Crippen LogP contribution in [0.4, 0.5) is 0 Å². The van der Waals surface area contributed by atoms with Gasteiger partial charge in [-0.15, -0.1) is 0 Å². The molecule has 0 aromatic rings. The zero-order chi connectivity index (χ0) is 39.6. The zero-order valence-corrected chi connectivity index (χ0v) is 36.3. The lowest BCUT2D eigenvalue weighted by Gasteiger charge is -2.18. The maximum absolute atomic E-state index is 12.4. The number of carbonyl (C=O) groups is 2. The molecule has 2 N–H and O–H groups in total. The number of phosphoric acid groups is 1. The van der Waals surface area contributed by atoms with E-state index in [1.807, 2.05) is 0 Å². The van der Waals surface area contributed by atoms with Gasteiger partial charge < -0.3 is 19.3 Å². The van der Waals surface area contributed by atoms with Gasteiger partial charge >= 0.3 is 19.8 Å². The van der Waals surface area contributed by atoms with Gasteiger partial charge in [-0.3, -0.25) is 14.1 Å². The summed E-state index contributed by atoms with van der Waals surface area (Å²) in [6, 6.07) is 0. The van der Waals surface area contributed by atoms with Gasteiger partial charge in [-0.25, -0.2) is 4.57 Å². The van der Waals surface area contributed by atoms with Crippen molar-refractivity contribution in [3.63, 3.8) is 0 Å². The lowest BCUT2D eigenvalue weighted by molar-refractivity contribution is -0.161. The van der Waals surface area contributed by atoms with Crippen molar-refractivity contribution in [3.8, 4) is 0 Å². The van der Waals surface area contributed by atoms with E-state index in [1.165, 1.54) is 173 Å². The van der Waals surface area contributed by atoms with Crippen molar-refractivity contribution in [1.82, 2.24) is 0 Å². The van der Waals surface area contributed by atoms with Gasteiger partial charge in [-0.05, 0) is 38.5 Å². The van der Waals surface area contributed by atoms with Crippen molar-refractivity contribution in [2.75, 3.05) is 13.2 Å². The van der Waals surface area contributed by atoms with Crippen LogP contribution in [0.15, 0.2) is 12.2 Å². The third-order valence-corrected chi connectivity index (χ3v) is 10.8. The predicted octanol–water partition coefficient (Wildman–Crippen LogP) is 14.2. The van der Waals surface area contributed by atoms with E-state index in [4.69, 9.17) is 19.3 Å². The Labute approximate surface area is 333 Å². The number of unbranched alkanes of at least 4 members (excludes halogenated alkanes) is 31. The van der Waals surface area contributed by atoms with Gasteiger partial charge in [0.15, 0.2) is 6.10 Å². The van der Waals surface area contributed by atoms with E-state index in [9.17, 15) is 14.2 Å². The maximum atomic E-state index is 12.4. The molecule has 1 atom stereocenters. The molecule has 0 saturated heterocycles. The van der Waals surface area contributed by atoms with E-state index in [0.717, 1.165) is 38.5 Å². The van der Waals surface area contributed by atoms with Crippen molar-refractivity contribution in [2.24, 2.45) is 0 Å². The van der Waals surface area contributed by atoms with Crippen LogP contribution in [0.3, 0.4) is 0 Å². The highest BCUT2D eigenvalue weighted by Gasteiger charge is 2.23. The van der Waals surface area contributed by atoms with Gasteiger partial charge in [-0.1, -0.05) is 206 Å². The highest BCUT2D eigenvalue weighted by molar-refractivity contribution is 7.46. The molecule has 0 unspecified atom stereocenters. The molecule has 0 radical (unpaired) electrons. The maximum Gasteiger partial charge on any atom is 0.469 e. The van der Waals surface area contributed by atoms with Gasteiger partial charge in [-0.2, -0.15) is 0 Å². The van der Waals surface area contributed by atoms with Gasteiger partial charge in [0.25, 0.3) is 0 Å². The Morgan fingerprint density at radius 1 is 0.463 bits per heavy atom. The molecule has 0 aliphatic carbocycles. The molecule has 0 aromatic carbocycles. The van der Waals surface area contributed by atoms with Crippen LogP contribution >= 0.6 is 7.82 Å². The second-order valence-electron chi connectivity index (χ2n) is 15.7. The fourth-order valence-corrected chi connectivity index (χ4v) is 7.20. The minimum Gasteiger partial charge on any atom is -0.462 e. The first kappa shape index (κ1) is 52.8. The first-order valence-electron chi connectivity index (χ1n) is 23.0. The largest absolute Gasteiger partial charge is 0.469 e. The van der Waals surface area contributed by atoms with E-state index in [2.05, 4.69) is 30.5 Å². The average Bonchev–Trinajstić information content (AvgIpc) is 3.14. The third kappa shape index (κ3) is 43.5. The number of hydrogen-bond donors (Lipinski definition) is 2. The number of phosphoric ester groups is 1. The molecule has 0 aliphatic rings. The molecular formula is C45H87O8P. The van der Waals surface area contributed by atoms with Gasteiger partial charge in [0.2, 0.25) is 0 Å². The molecule has 0 spiro atoms. The Balaban J connectivity index is 3.82. The highest BCUT2D eigenvalue weighted by Crippen LogP contribution is 2.36. The number of carbonyl (C=O) groups excluding carboxylic acids is 2. The summed E-state index contributed by atoms with van der Waals surface area (Å²) in [6.45, 7) is 3.72. The van der Waals surface area contributed by atoms with Crippen molar-refractivity contribution in [2.45, 2.75) is 251 Å². The smallest absolute Gasteiger partial charge is 0.462 e. The summed E-state index contributed by atoms with van der Waals surface area (Å²) in [5, 5.41) is 0. The summed E-state index contributed by atoms with van der Waals surface area (Å²) in [7, 11) is -4.75. The van der Waals surface area contributed by atoms with Crippen LogP contribution in [0, 0.1) is 0 Å². The SMILES string of the molecule is CCCCCCCC/C=C/CCCCCCCCCCCCCC(=O)O[C@H](COC(=O)CCCCCCCCCCCCCCCCC)COP(=O)(O)O. The van der Waals surface area contributed by atoms with E-state index in [1.54, 1.807) is 0 Å². The molecule has 0 saturated carbocycles. The zero-order valence-electron chi connectivity index (χ0n) is 35.4. The molecule has 0 fully saturated rings. The summed E-state index contributed by atoms with van der Waals surface area (Å²) in [5.74, 6) is -0.871. The monoisotopic (exact) mass is 787 g/mol. The van der Waals surface area contributed by atoms with E-state index >= 15 is 0 Å². The summed E-state index contributed by atoms with van der Waals surface area (Å²) < 4.78 is 26.5. The van der Waals surface area contributed by atoms with Crippen LogP contribution in [0.1, 0.15) is 245 Å². The Hall–Kier alpha value is -1.21. The molecule has 0 amide bonds. The Bertz CT molecular complexity index is 889. The van der Waals surface area contributed by atoms with Crippen LogP contribution in [0.25, 0.3) is 0 Å². The van der Waals surface area contributed by atoms with Crippen molar-refractivity contribution >= 4 is 19.8 Å². The molecule has 0 bridgehead atoms. The van der Waals surface area contributed by atoms with Crippen LogP contribution in [-0.4, -0.2) is 41.0 Å². The van der Waals surface area contributed by atoms with Gasteiger partial charge in [0.05, 0.1) is 6.61 Å². The summed E-state index contributed by atoms with van der Waals surface area (Å²) in [5.41, 5.74) is 0. The number of hydrogen-bond acceptors (Lipinski definition) is 6. The molecule has 0 heterocycles. The fraction of sp³-hybridized carbons (Fsp3) is 0.911. The molecular weight excluding hydrogens is 699 g/mol. The molecule has 0 aromatic heterocycles. The molecule has 320 valence electrons. The molecule has 54 heavy (non-hydrogen) atoms. The number of esters is 2. The molecule has 8 nitrogen and oxygen atoms in total. The Morgan fingerprint density at radius 2 is 0.778 bits per heavy atom. The number of allylic oxidation sites excluding steroid dienone is 2. The van der Waals surface area contributed by atoms with Gasteiger partial charge in [0, 0.05) is 12.8 Å². The summed E-state index contributed by atoms with van der Waals surface area (Å²) in [6.07, 6.45) is 46.5. The van der Waals surface area contributed by atoms with Crippen LogP contribution < -0.4 is 0 Å². The second-order valence-corrected chi connectivity index (χ2v) is 17.0. The standard InChI is InChI=1S/C45H87O8P/c1-3-5-7-9-11-13-15-17-19-20-21-22-23-24-26-28-30-32-34-36-38-40-45(47)53-43(42-52-54(48,49)50)41-51-44(46)39-37-35-33-31-29-27-25-18-16-14-12-10-8-6-4-2/h17,19,43H,3-16,18,20-42H2,1-2H3,(H2,48,49,50)/b19-17+/t43-/m1/s1. The normalized spacial score (nSPS) is 12.4. The predicted molar refractivity (Wildman–Crippen MR) is 226 cm³/mol. The Morgan fingerprint density at radius 3 is 1.13 bits per heavy atom. The van der Waals surface area contributed by atoms with Crippen LogP contribution in [0.5, 0.6) is 0 Å². The number of ether oxygens (including phenoxy) is 2. The van der Waals surface area contributed by atoms with Crippen LogP contribution in [-0.2, 0) is 28.2 Å². The average molecular weight is 787 g/mol. The third-order valence-electron chi connectivity index (χ3n) is 10.3. The minimum absolute atomic E-state index is 0.216. The van der Waals surface area contributed by atoms with E-state index < -0.39 is 32.5 Å². The minimum atomic E-state index is -4.75.